The van der Waals surface area contributed by atoms with E-state index < -0.39 is 0 Å². The summed E-state index contributed by atoms with van der Waals surface area (Å²) in [7, 11) is 0. The SMILES string of the molecule is CCOC(=O)c1ccc2[nH]c(-c3cc(Cl)cc(Cl)c3)c(CCNCCCCc3cccnc3)c2c1. The van der Waals surface area contributed by atoms with Crippen LogP contribution in [0, 0.1) is 0 Å². The number of aromatic amines is 1. The van der Waals surface area contributed by atoms with Crippen LogP contribution >= 0.6 is 23.2 Å². The lowest BCUT2D eigenvalue weighted by Crippen LogP contribution is -2.18. The number of hydrogen-bond donors (Lipinski definition) is 2. The number of aryl methyl sites for hydroxylation is 1. The van der Waals surface area contributed by atoms with Crippen LogP contribution in [-0.2, 0) is 17.6 Å². The van der Waals surface area contributed by atoms with Gasteiger partial charge in [0.15, 0.2) is 0 Å². The van der Waals surface area contributed by atoms with Crippen LogP contribution in [0.2, 0.25) is 10.0 Å². The quantitative estimate of drug-likeness (QED) is 0.171. The fourth-order valence-corrected chi connectivity index (χ4v) is 4.78. The number of halogens is 2. The molecule has 0 saturated carbocycles. The Morgan fingerprint density at radius 2 is 1.86 bits per heavy atom. The van der Waals surface area contributed by atoms with Crippen molar-refractivity contribution in [3.63, 3.8) is 0 Å². The second-order valence-corrected chi connectivity index (χ2v) is 9.31. The van der Waals surface area contributed by atoms with Crippen molar-refractivity contribution < 1.29 is 9.53 Å². The molecule has 0 saturated heterocycles. The molecular formula is C28H29Cl2N3O2. The summed E-state index contributed by atoms with van der Waals surface area (Å²) in [5.74, 6) is -0.319. The highest BCUT2D eigenvalue weighted by Gasteiger charge is 2.16. The van der Waals surface area contributed by atoms with Crippen LogP contribution in [0.1, 0.15) is 41.3 Å². The van der Waals surface area contributed by atoms with Crippen LogP contribution in [0.25, 0.3) is 22.2 Å². The lowest BCUT2D eigenvalue weighted by atomic mass is 10.0. The molecule has 5 nitrogen and oxygen atoms in total. The van der Waals surface area contributed by atoms with Gasteiger partial charge in [0.2, 0.25) is 0 Å². The zero-order valence-electron chi connectivity index (χ0n) is 19.7. The molecule has 0 aliphatic carbocycles. The number of nitrogens with zero attached hydrogens (tertiary/aromatic N) is 1. The van der Waals surface area contributed by atoms with E-state index in [1.807, 2.05) is 43.5 Å². The number of aromatic nitrogens is 2. The van der Waals surface area contributed by atoms with E-state index in [0.717, 1.165) is 66.5 Å². The summed E-state index contributed by atoms with van der Waals surface area (Å²) >= 11 is 12.6. The number of nitrogens with one attached hydrogen (secondary N) is 2. The molecule has 2 aromatic heterocycles. The lowest BCUT2D eigenvalue weighted by molar-refractivity contribution is 0.0526. The Labute approximate surface area is 215 Å². The fraction of sp³-hybridized carbons (Fsp3) is 0.286. The van der Waals surface area contributed by atoms with Gasteiger partial charge >= 0.3 is 5.97 Å². The van der Waals surface area contributed by atoms with E-state index in [4.69, 9.17) is 27.9 Å². The largest absolute Gasteiger partial charge is 0.462 e. The highest BCUT2D eigenvalue weighted by atomic mass is 35.5. The summed E-state index contributed by atoms with van der Waals surface area (Å²) in [5, 5.41) is 5.72. The van der Waals surface area contributed by atoms with E-state index in [-0.39, 0.29) is 5.97 Å². The van der Waals surface area contributed by atoms with Crippen LogP contribution in [0.15, 0.2) is 60.9 Å². The summed E-state index contributed by atoms with van der Waals surface area (Å²) in [6, 6.07) is 15.2. The predicted octanol–water partition coefficient (Wildman–Crippen LogP) is 6.87. The molecule has 0 atom stereocenters. The average Bonchev–Trinajstić information content (AvgIpc) is 3.21. The Hall–Kier alpha value is -2.86. The maximum atomic E-state index is 12.3. The standard InChI is InChI=1S/C28H29Cl2N3O2/c1-2-35-28(34)20-8-9-26-25(16-20)24(27(33-26)21-14-22(29)17-23(30)15-21)10-13-31-11-4-3-6-19-7-5-12-32-18-19/h5,7-9,12,14-18,31,33H,2-4,6,10-11,13H2,1H3. The van der Waals surface area contributed by atoms with E-state index in [0.29, 0.717) is 22.2 Å². The van der Waals surface area contributed by atoms with E-state index in [1.165, 1.54) is 5.56 Å². The normalized spacial score (nSPS) is 11.2. The highest BCUT2D eigenvalue weighted by molar-refractivity contribution is 6.35. The number of carbonyl (C=O) groups is 1. The number of benzene rings is 2. The minimum Gasteiger partial charge on any atom is -0.462 e. The third-order valence-electron chi connectivity index (χ3n) is 5.91. The van der Waals surface area contributed by atoms with Gasteiger partial charge in [0.1, 0.15) is 0 Å². The molecule has 0 fully saturated rings. The third-order valence-corrected chi connectivity index (χ3v) is 6.35. The molecule has 4 aromatic rings. The second-order valence-electron chi connectivity index (χ2n) is 8.44. The van der Waals surface area contributed by atoms with Crippen molar-refractivity contribution in [1.82, 2.24) is 15.3 Å². The average molecular weight is 510 g/mol. The van der Waals surface area contributed by atoms with Crippen molar-refractivity contribution in [3.8, 4) is 11.3 Å². The smallest absolute Gasteiger partial charge is 0.338 e. The lowest BCUT2D eigenvalue weighted by Gasteiger charge is -2.09. The number of pyridine rings is 1. The molecule has 0 amide bonds. The van der Waals surface area contributed by atoms with Gasteiger partial charge in [0, 0.05) is 44.6 Å². The van der Waals surface area contributed by atoms with Crippen molar-refractivity contribution in [3.05, 3.63) is 87.7 Å². The molecule has 35 heavy (non-hydrogen) atoms. The fourth-order valence-electron chi connectivity index (χ4n) is 4.26. The zero-order chi connectivity index (χ0) is 24.6. The number of rotatable bonds is 11. The Morgan fingerprint density at radius 3 is 2.60 bits per heavy atom. The predicted molar refractivity (Wildman–Crippen MR) is 143 cm³/mol. The van der Waals surface area contributed by atoms with Gasteiger partial charge in [-0.15, -0.1) is 0 Å². The highest BCUT2D eigenvalue weighted by Crippen LogP contribution is 2.34. The minimum absolute atomic E-state index is 0.319. The van der Waals surface area contributed by atoms with Gasteiger partial charge in [-0.05, 0) is 99.3 Å². The maximum Gasteiger partial charge on any atom is 0.338 e. The van der Waals surface area contributed by atoms with Crippen LogP contribution in [0.3, 0.4) is 0 Å². The first kappa shape index (κ1) is 25.2. The molecule has 2 heterocycles. The molecule has 0 spiro atoms. The van der Waals surface area contributed by atoms with Gasteiger partial charge in [-0.2, -0.15) is 0 Å². The Balaban J connectivity index is 1.49. The molecule has 0 aliphatic rings. The molecule has 2 N–H and O–H groups in total. The molecule has 182 valence electrons. The molecule has 0 aliphatic heterocycles. The number of esters is 1. The monoisotopic (exact) mass is 509 g/mol. The van der Waals surface area contributed by atoms with Gasteiger partial charge in [-0.1, -0.05) is 29.3 Å². The van der Waals surface area contributed by atoms with Crippen LogP contribution in [0.5, 0.6) is 0 Å². The van der Waals surface area contributed by atoms with Gasteiger partial charge in [0.25, 0.3) is 0 Å². The first-order valence-electron chi connectivity index (χ1n) is 11.9. The number of fused-ring (bicyclic) bond motifs is 1. The maximum absolute atomic E-state index is 12.3. The van der Waals surface area contributed by atoms with Crippen molar-refractivity contribution in [2.24, 2.45) is 0 Å². The third kappa shape index (κ3) is 6.63. The topological polar surface area (TPSA) is 67.0 Å². The number of unbranched alkanes of at least 4 members (excludes halogenated alkanes) is 1. The Bertz CT molecular complexity index is 1270. The summed E-state index contributed by atoms with van der Waals surface area (Å²) in [6.45, 7) is 3.90. The Kier molecular flexibility index (Phi) is 8.80. The summed E-state index contributed by atoms with van der Waals surface area (Å²) in [6.07, 6.45) is 7.76. The summed E-state index contributed by atoms with van der Waals surface area (Å²) < 4.78 is 5.21. The van der Waals surface area contributed by atoms with E-state index >= 15 is 0 Å². The van der Waals surface area contributed by atoms with Crippen LogP contribution in [0.4, 0.5) is 0 Å². The molecule has 0 radical (unpaired) electrons. The first-order chi connectivity index (χ1) is 17.0. The molecule has 0 bridgehead atoms. The second kappa shape index (κ2) is 12.2. The molecule has 4 rings (SSSR count). The van der Waals surface area contributed by atoms with E-state index in [1.54, 1.807) is 18.3 Å². The minimum atomic E-state index is -0.319. The van der Waals surface area contributed by atoms with Gasteiger partial charge in [-0.3, -0.25) is 4.98 Å². The van der Waals surface area contributed by atoms with Crippen molar-refractivity contribution in [1.29, 1.82) is 0 Å². The Morgan fingerprint density at radius 1 is 1.03 bits per heavy atom. The zero-order valence-corrected chi connectivity index (χ0v) is 21.3. The molecule has 0 unspecified atom stereocenters. The van der Waals surface area contributed by atoms with Crippen molar-refractivity contribution >= 4 is 40.1 Å². The van der Waals surface area contributed by atoms with Crippen molar-refractivity contribution in [2.45, 2.75) is 32.6 Å². The molecular weight excluding hydrogens is 481 g/mol. The molecule has 7 heteroatoms. The molecule has 2 aromatic carbocycles. The van der Waals surface area contributed by atoms with Crippen LogP contribution < -0.4 is 5.32 Å². The van der Waals surface area contributed by atoms with E-state index in [9.17, 15) is 4.79 Å². The summed E-state index contributed by atoms with van der Waals surface area (Å²) in [5.41, 5.74) is 5.77. The van der Waals surface area contributed by atoms with Crippen molar-refractivity contribution in [2.75, 3.05) is 19.7 Å². The van der Waals surface area contributed by atoms with Gasteiger partial charge < -0.3 is 15.0 Å². The summed E-state index contributed by atoms with van der Waals surface area (Å²) in [4.78, 5) is 20.0. The van der Waals surface area contributed by atoms with Crippen LogP contribution in [-0.4, -0.2) is 35.6 Å². The number of hydrogen-bond acceptors (Lipinski definition) is 4. The van der Waals surface area contributed by atoms with Gasteiger partial charge in [-0.25, -0.2) is 4.79 Å². The number of H-pyrrole nitrogens is 1. The first-order valence-corrected chi connectivity index (χ1v) is 12.7. The van der Waals surface area contributed by atoms with E-state index in [2.05, 4.69) is 21.4 Å². The number of ether oxygens (including phenoxy) is 1. The number of carbonyl (C=O) groups excluding carboxylic acids is 1. The van der Waals surface area contributed by atoms with Gasteiger partial charge in [0.05, 0.1) is 12.2 Å².